The summed E-state index contributed by atoms with van der Waals surface area (Å²) in [6.07, 6.45) is 4.24. The summed E-state index contributed by atoms with van der Waals surface area (Å²) in [6.45, 7) is 6.78. The Balaban J connectivity index is 0.977. The quantitative estimate of drug-likeness (QED) is 0.171. The molecule has 2 N–H and O–H groups in total. The molecule has 6 aromatic rings. The fourth-order valence-corrected chi connectivity index (χ4v) is 7.28. The Kier molecular flexibility index (Phi) is 10.6. The average molecular weight is 722 g/mol. The number of aromatic nitrogens is 4. The molecule has 0 aliphatic carbocycles. The minimum atomic E-state index is -0.570. The molecule has 0 spiro atoms. The summed E-state index contributed by atoms with van der Waals surface area (Å²) in [5, 5.41) is 12.7. The summed E-state index contributed by atoms with van der Waals surface area (Å²) >= 11 is 0. The van der Waals surface area contributed by atoms with E-state index in [1.807, 2.05) is 60.7 Å². The Morgan fingerprint density at radius 2 is 1.50 bits per heavy atom. The van der Waals surface area contributed by atoms with E-state index in [2.05, 4.69) is 84.4 Å². The molecule has 0 saturated carbocycles. The molecule has 11 nitrogen and oxygen atoms in total. The molecule has 0 bridgehead atoms. The van der Waals surface area contributed by atoms with Crippen molar-refractivity contribution < 1.29 is 19.4 Å². The number of benzene rings is 4. The lowest BCUT2D eigenvalue weighted by atomic mass is 9.89. The minimum absolute atomic E-state index is 0.00327. The number of ether oxygens (including phenoxy) is 2. The second kappa shape index (κ2) is 16.2. The third-order valence-electron chi connectivity index (χ3n) is 10.4. The first kappa shape index (κ1) is 35.4. The molecule has 4 heterocycles. The molecule has 54 heavy (non-hydrogen) atoms. The van der Waals surface area contributed by atoms with Crippen LogP contribution in [0.15, 0.2) is 122 Å². The number of carbonyl (C=O) groups is 1. The van der Waals surface area contributed by atoms with E-state index in [0.717, 1.165) is 77.6 Å². The lowest BCUT2D eigenvalue weighted by molar-refractivity contribution is -0.276. The van der Waals surface area contributed by atoms with Crippen LogP contribution in [0.3, 0.4) is 0 Å². The topological polar surface area (TPSA) is 126 Å². The van der Waals surface area contributed by atoms with Crippen molar-refractivity contribution in [1.82, 2.24) is 30.2 Å². The van der Waals surface area contributed by atoms with Gasteiger partial charge in [-0.2, -0.15) is 0 Å². The molecular weight excluding hydrogens is 679 g/mol. The van der Waals surface area contributed by atoms with Crippen LogP contribution in [0.2, 0.25) is 0 Å². The van der Waals surface area contributed by atoms with Crippen molar-refractivity contribution in [2.24, 2.45) is 5.92 Å². The largest absolute Gasteiger partial charge is 0.392 e. The van der Waals surface area contributed by atoms with E-state index < -0.39 is 6.29 Å². The SMILES string of the molecule is CC1C(CN2CCN(c3ncccn3)CC2)OC(c2ccc(-c3ccccc3CNC(=O)c3cnc4ccccc4n3)cc2)OC1c1ccc(CO)cc1. The number of hydrogen-bond donors (Lipinski definition) is 2. The van der Waals surface area contributed by atoms with E-state index in [4.69, 9.17) is 9.47 Å². The van der Waals surface area contributed by atoms with Crippen LogP contribution in [0.25, 0.3) is 22.2 Å². The van der Waals surface area contributed by atoms with Gasteiger partial charge >= 0.3 is 0 Å². The molecule has 2 saturated heterocycles. The fraction of sp³-hybridized carbons (Fsp3) is 0.279. The molecule has 2 aliphatic rings. The predicted molar refractivity (Wildman–Crippen MR) is 206 cm³/mol. The van der Waals surface area contributed by atoms with Crippen LogP contribution in [0.4, 0.5) is 5.95 Å². The molecule has 4 unspecified atom stereocenters. The molecule has 4 aromatic carbocycles. The maximum Gasteiger partial charge on any atom is 0.271 e. The Morgan fingerprint density at radius 1 is 0.796 bits per heavy atom. The fourth-order valence-electron chi connectivity index (χ4n) is 7.28. The Hall–Kier alpha value is -5.59. The Labute approximate surface area is 314 Å². The van der Waals surface area contributed by atoms with Crippen molar-refractivity contribution in [1.29, 1.82) is 0 Å². The van der Waals surface area contributed by atoms with Gasteiger partial charge in [-0.25, -0.2) is 15.0 Å². The van der Waals surface area contributed by atoms with E-state index in [9.17, 15) is 9.90 Å². The lowest BCUT2D eigenvalue weighted by Gasteiger charge is -2.44. The third kappa shape index (κ3) is 7.85. The minimum Gasteiger partial charge on any atom is -0.392 e. The van der Waals surface area contributed by atoms with Crippen molar-refractivity contribution in [2.45, 2.75) is 38.6 Å². The summed E-state index contributed by atoms with van der Waals surface area (Å²) in [5.41, 5.74) is 7.59. The van der Waals surface area contributed by atoms with Gasteiger partial charge < -0.3 is 24.8 Å². The molecule has 0 radical (unpaired) electrons. The second-order valence-corrected chi connectivity index (χ2v) is 13.9. The number of fused-ring (bicyclic) bond motifs is 1. The number of piperazine rings is 1. The van der Waals surface area contributed by atoms with Gasteiger partial charge in [-0.15, -0.1) is 0 Å². The first-order valence-corrected chi connectivity index (χ1v) is 18.5. The van der Waals surface area contributed by atoms with Crippen LogP contribution >= 0.6 is 0 Å². The van der Waals surface area contributed by atoms with Gasteiger partial charge in [-0.3, -0.25) is 14.7 Å². The number of amides is 1. The summed E-state index contributed by atoms with van der Waals surface area (Å²) in [4.78, 5) is 35.5. The van der Waals surface area contributed by atoms with Gasteiger partial charge in [0.2, 0.25) is 5.95 Å². The van der Waals surface area contributed by atoms with Gasteiger partial charge in [-0.05, 0) is 46.0 Å². The number of anilines is 1. The van der Waals surface area contributed by atoms with E-state index >= 15 is 0 Å². The second-order valence-electron chi connectivity index (χ2n) is 13.9. The van der Waals surface area contributed by atoms with Crippen LogP contribution < -0.4 is 10.2 Å². The predicted octanol–water partition coefficient (Wildman–Crippen LogP) is 6.12. The van der Waals surface area contributed by atoms with Crippen LogP contribution in [0, 0.1) is 5.92 Å². The van der Waals surface area contributed by atoms with Crippen molar-refractivity contribution >= 4 is 22.9 Å². The van der Waals surface area contributed by atoms with Gasteiger partial charge in [0.1, 0.15) is 5.69 Å². The highest BCUT2D eigenvalue weighted by Gasteiger charge is 2.39. The van der Waals surface area contributed by atoms with E-state index in [0.29, 0.717) is 12.1 Å². The monoisotopic (exact) mass is 721 g/mol. The normalized spacial score (nSPS) is 20.5. The Bertz CT molecular complexity index is 2180. The van der Waals surface area contributed by atoms with Crippen LogP contribution in [-0.2, 0) is 22.6 Å². The highest BCUT2D eigenvalue weighted by Crippen LogP contribution is 2.42. The highest BCUT2D eigenvalue weighted by molar-refractivity contribution is 5.93. The number of aliphatic hydroxyl groups is 1. The van der Waals surface area contributed by atoms with Crippen LogP contribution in [-0.4, -0.2) is 74.7 Å². The van der Waals surface area contributed by atoms with Crippen molar-refractivity contribution in [3.05, 3.63) is 150 Å². The van der Waals surface area contributed by atoms with Crippen molar-refractivity contribution in [2.75, 3.05) is 37.6 Å². The molecular formula is C43H43N7O4. The van der Waals surface area contributed by atoms with Gasteiger partial charge in [0.05, 0.1) is 36.0 Å². The van der Waals surface area contributed by atoms with Gasteiger partial charge in [0, 0.05) is 63.1 Å². The van der Waals surface area contributed by atoms with Crippen molar-refractivity contribution in [3.63, 3.8) is 0 Å². The summed E-state index contributed by atoms with van der Waals surface area (Å²) in [6, 6.07) is 33.7. The van der Waals surface area contributed by atoms with Gasteiger partial charge in [0.25, 0.3) is 5.91 Å². The maximum absolute atomic E-state index is 13.1. The summed E-state index contributed by atoms with van der Waals surface area (Å²) in [5.74, 6) is 0.575. The summed E-state index contributed by atoms with van der Waals surface area (Å²) in [7, 11) is 0. The van der Waals surface area contributed by atoms with Crippen LogP contribution in [0.1, 0.15) is 52.1 Å². The molecule has 4 atom stereocenters. The third-order valence-corrected chi connectivity index (χ3v) is 10.4. The van der Waals surface area contributed by atoms with Gasteiger partial charge in [0.15, 0.2) is 6.29 Å². The first-order valence-electron chi connectivity index (χ1n) is 18.5. The van der Waals surface area contributed by atoms with Crippen molar-refractivity contribution in [3.8, 4) is 11.1 Å². The molecule has 8 rings (SSSR count). The zero-order valence-electron chi connectivity index (χ0n) is 30.2. The number of carbonyl (C=O) groups excluding carboxylic acids is 1. The number of nitrogens with one attached hydrogen (secondary N) is 1. The average Bonchev–Trinajstić information content (AvgIpc) is 3.24. The first-order chi connectivity index (χ1) is 26.5. The number of para-hydroxylation sites is 2. The number of rotatable bonds is 10. The number of hydrogen-bond acceptors (Lipinski definition) is 10. The molecule has 2 aromatic heterocycles. The zero-order valence-corrected chi connectivity index (χ0v) is 30.2. The smallest absolute Gasteiger partial charge is 0.271 e. The lowest BCUT2D eigenvalue weighted by Crippen LogP contribution is -2.51. The summed E-state index contributed by atoms with van der Waals surface area (Å²) < 4.78 is 13.6. The standard InChI is InChI=1S/C43H43N7O4/c1-29-39(27-49-21-23-50(24-22-49)43-44-19-6-20-45-43)53-42(54-40(29)32-13-11-30(28-51)12-14-32)33-17-15-31(16-18-33)35-8-3-2-7-34(35)25-47-41(52)38-26-46-36-9-4-5-10-37(36)48-38/h2-20,26,29,39-40,42,51H,21-25,27-28H2,1H3,(H,47,52). The number of aliphatic hydroxyl groups excluding tert-OH is 1. The molecule has 1 amide bonds. The number of nitrogens with zero attached hydrogens (tertiary/aromatic N) is 6. The molecule has 11 heteroatoms. The molecule has 2 aliphatic heterocycles. The van der Waals surface area contributed by atoms with Crippen LogP contribution in [0.5, 0.6) is 0 Å². The van der Waals surface area contributed by atoms with E-state index in [1.165, 1.54) is 6.20 Å². The van der Waals surface area contributed by atoms with Gasteiger partial charge in [-0.1, -0.05) is 91.9 Å². The highest BCUT2D eigenvalue weighted by atomic mass is 16.7. The zero-order chi connectivity index (χ0) is 36.9. The molecule has 274 valence electrons. The van der Waals surface area contributed by atoms with E-state index in [-0.39, 0.29) is 36.3 Å². The Morgan fingerprint density at radius 3 is 2.26 bits per heavy atom. The molecule has 2 fully saturated rings. The maximum atomic E-state index is 13.1. The van der Waals surface area contributed by atoms with E-state index in [1.54, 1.807) is 12.4 Å².